The van der Waals surface area contributed by atoms with Crippen molar-refractivity contribution in [3.63, 3.8) is 0 Å². The van der Waals surface area contributed by atoms with Gasteiger partial charge in [0.25, 0.3) is 0 Å². The fraction of sp³-hybridized carbons (Fsp3) is 0.240. The zero-order valence-electron chi connectivity index (χ0n) is 19.3. The lowest BCUT2D eigenvalue weighted by atomic mass is 10.0. The van der Waals surface area contributed by atoms with E-state index in [1.54, 1.807) is 44.2 Å². The van der Waals surface area contributed by atoms with Crippen LogP contribution in [0.1, 0.15) is 31.2 Å². The SMILES string of the molecule is CCc1cc(-c2cccc(S(C)(=O)=O)c2)sc1C(C=C(N)C(C)(C)O)=Nc1cccc(F)c1Cl. The molecule has 2 aromatic carbocycles. The molecular formula is C25H26ClFN2O3S2. The summed E-state index contributed by atoms with van der Waals surface area (Å²) in [4.78, 5) is 6.43. The lowest BCUT2D eigenvalue weighted by Gasteiger charge is -2.18. The summed E-state index contributed by atoms with van der Waals surface area (Å²) >= 11 is 7.55. The number of hydrogen-bond donors (Lipinski definition) is 2. The fourth-order valence-corrected chi connectivity index (χ4v) is 5.16. The topological polar surface area (TPSA) is 92.8 Å². The van der Waals surface area contributed by atoms with Crippen LogP contribution >= 0.6 is 22.9 Å². The normalized spacial score (nSPS) is 13.4. The Bertz CT molecular complexity index is 1390. The highest BCUT2D eigenvalue weighted by Crippen LogP contribution is 2.36. The summed E-state index contributed by atoms with van der Waals surface area (Å²) in [5.74, 6) is -0.595. The van der Waals surface area contributed by atoms with Crippen LogP contribution in [0.25, 0.3) is 10.4 Å². The van der Waals surface area contributed by atoms with E-state index in [1.807, 2.05) is 19.1 Å². The van der Waals surface area contributed by atoms with Crippen molar-refractivity contribution in [3.8, 4) is 10.4 Å². The zero-order valence-corrected chi connectivity index (χ0v) is 21.7. The van der Waals surface area contributed by atoms with E-state index < -0.39 is 21.3 Å². The average Bonchev–Trinajstić information content (AvgIpc) is 3.19. The molecule has 34 heavy (non-hydrogen) atoms. The Balaban J connectivity index is 2.24. The van der Waals surface area contributed by atoms with E-state index >= 15 is 0 Å². The van der Waals surface area contributed by atoms with E-state index in [1.165, 1.54) is 29.7 Å². The van der Waals surface area contributed by atoms with Gasteiger partial charge in [-0.25, -0.2) is 17.8 Å². The molecule has 3 N–H and O–H groups in total. The predicted octanol–water partition coefficient (Wildman–Crippen LogP) is 5.91. The van der Waals surface area contributed by atoms with Crippen molar-refractivity contribution in [2.75, 3.05) is 6.26 Å². The van der Waals surface area contributed by atoms with Gasteiger partial charge in [-0.1, -0.05) is 36.7 Å². The molecule has 0 radical (unpaired) electrons. The Labute approximate surface area is 208 Å². The first-order valence-electron chi connectivity index (χ1n) is 10.5. The Morgan fingerprint density at radius 2 is 1.91 bits per heavy atom. The largest absolute Gasteiger partial charge is 0.400 e. The number of nitrogens with two attached hydrogens (primary N) is 1. The van der Waals surface area contributed by atoms with Gasteiger partial charge in [0.05, 0.1) is 26.8 Å². The highest BCUT2D eigenvalue weighted by Gasteiger charge is 2.21. The van der Waals surface area contributed by atoms with Crippen molar-refractivity contribution in [1.82, 2.24) is 0 Å². The Kier molecular flexibility index (Phi) is 7.67. The first-order chi connectivity index (χ1) is 15.8. The minimum atomic E-state index is -3.36. The van der Waals surface area contributed by atoms with Crippen molar-refractivity contribution >= 4 is 44.2 Å². The quantitative estimate of drug-likeness (QED) is 0.379. The molecule has 5 nitrogen and oxygen atoms in total. The monoisotopic (exact) mass is 520 g/mol. The zero-order chi connectivity index (χ0) is 25.3. The van der Waals surface area contributed by atoms with Crippen LogP contribution in [-0.4, -0.2) is 31.1 Å². The van der Waals surface area contributed by atoms with E-state index in [2.05, 4.69) is 4.99 Å². The lowest BCUT2D eigenvalue weighted by molar-refractivity contribution is 0.118. The van der Waals surface area contributed by atoms with Crippen molar-refractivity contribution in [2.45, 2.75) is 37.7 Å². The maximum Gasteiger partial charge on any atom is 0.175 e. The van der Waals surface area contributed by atoms with Crippen LogP contribution in [-0.2, 0) is 16.3 Å². The molecule has 3 aromatic rings. The van der Waals surface area contributed by atoms with Gasteiger partial charge in [-0.3, -0.25) is 0 Å². The molecular weight excluding hydrogens is 495 g/mol. The number of rotatable bonds is 7. The van der Waals surface area contributed by atoms with E-state index in [0.717, 1.165) is 20.9 Å². The molecule has 0 aliphatic rings. The summed E-state index contributed by atoms with van der Waals surface area (Å²) in [6.45, 7) is 5.10. The van der Waals surface area contributed by atoms with Gasteiger partial charge in [0.1, 0.15) is 10.8 Å². The van der Waals surface area contributed by atoms with Crippen LogP contribution in [0.5, 0.6) is 0 Å². The minimum Gasteiger partial charge on any atom is -0.400 e. The van der Waals surface area contributed by atoms with E-state index in [4.69, 9.17) is 17.3 Å². The molecule has 0 aliphatic heterocycles. The summed E-state index contributed by atoms with van der Waals surface area (Å²) in [6, 6.07) is 13.0. The molecule has 0 bridgehead atoms. The van der Waals surface area contributed by atoms with Crippen molar-refractivity contribution in [1.29, 1.82) is 0 Å². The highest BCUT2D eigenvalue weighted by molar-refractivity contribution is 7.90. The van der Waals surface area contributed by atoms with Gasteiger partial charge in [-0.15, -0.1) is 11.3 Å². The second kappa shape index (κ2) is 10.00. The number of thiophene rings is 1. The van der Waals surface area contributed by atoms with Crippen LogP contribution in [0, 0.1) is 5.82 Å². The molecule has 0 spiro atoms. The molecule has 0 amide bonds. The second-order valence-corrected chi connectivity index (χ2v) is 11.8. The Morgan fingerprint density at radius 1 is 1.24 bits per heavy atom. The van der Waals surface area contributed by atoms with E-state index in [9.17, 15) is 17.9 Å². The standard InChI is InChI=1S/C25H26ClFN2O3S2/c1-5-15-13-21(16-8-6-9-17(12-16)34(4,31)32)33-24(15)20(14-22(28)25(2,3)30)29-19-11-7-10-18(27)23(19)26/h6-14,30H,5,28H2,1-4H3. The first-order valence-corrected chi connectivity index (χ1v) is 13.6. The Morgan fingerprint density at radius 3 is 2.53 bits per heavy atom. The average molecular weight is 521 g/mol. The summed E-state index contributed by atoms with van der Waals surface area (Å²) < 4.78 is 38.1. The molecule has 0 saturated carbocycles. The smallest absolute Gasteiger partial charge is 0.175 e. The van der Waals surface area contributed by atoms with Crippen LogP contribution in [0.2, 0.25) is 5.02 Å². The van der Waals surface area contributed by atoms with Crippen molar-refractivity contribution in [3.05, 3.63) is 81.6 Å². The number of allylic oxidation sites excluding steroid dienone is 1. The van der Waals surface area contributed by atoms with Gasteiger partial charge in [0, 0.05) is 16.8 Å². The van der Waals surface area contributed by atoms with Gasteiger partial charge < -0.3 is 10.8 Å². The van der Waals surface area contributed by atoms with Gasteiger partial charge in [-0.05, 0) is 67.8 Å². The number of halogens is 2. The summed E-state index contributed by atoms with van der Waals surface area (Å²) in [6.07, 6.45) is 3.38. The molecule has 0 aliphatic carbocycles. The minimum absolute atomic E-state index is 0.120. The first kappa shape index (κ1) is 26.1. The molecule has 1 aromatic heterocycles. The van der Waals surface area contributed by atoms with Gasteiger partial charge in [-0.2, -0.15) is 0 Å². The number of aryl methyl sites for hydroxylation is 1. The molecule has 180 valence electrons. The fourth-order valence-electron chi connectivity index (χ4n) is 3.11. The number of aliphatic hydroxyl groups is 1. The molecule has 0 fully saturated rings. The summed E-state index contributed by atoms with van der Waals surface area (Å²) in [5.41, 5.74) is 7.35. The van der Waals surface area contributed by atoms with Crippen LogP contribution in [0.3, 0.4) is 0 Å². The van der Waals surface area contributed by atoms with Gasteiger partial charge in [0.15, 0.2) is 9.84 Å². The van der Waals surface area contributed by atoms with Gasteiger partial charge in [0.2, 0.25) is 0 Å². The molecule has 1 heterocycles. The third kappa shape index (κ3) is 5.93. The molecule has 3 rings (SSSR count). The summed E-state index contributed by atoms with van der Waals surface area (Å²) in [7, 11) is -3.36. The second-order valence-electron chi connectivity index (χ2n) is 8.35. The van der Waals surface area contributed by atoms with Crippen LogP contribution in [0.4, 0.5) is 10.1 Å². The third-order valence-corrected chi connectivity index (χ3v) is 7.87. The number of benzene rings is 2. The van der Waals surface area contributed by atoms with Crippen LogP contribution in [0.15, 0.2) is 70.2 Å². The van der Waals surface area contributed by atoms with Crippen molar-refractivity contribution in [2.24, 2.45) is 10.7 Å². The molecule has 0 atom stereocenters. The number of sulfone groups is 1. The number of aliphatic imine (C=N–C) groups is 1. The van der Waals surface area contributed by atoms with E-state index in [0.29, 0.717) is 12.1 Å². The molecule has 9 heteroatoms. The third-order valence-electron chi connectivity index (χ3n) is 5.14. The predicted molar refractivity (Wildman–Crippen MR) is 138 cm³/mol. The number of nitrogens with zero attached hydrogens (tertiary/aromatic N) is 1. The van der Waals surface area contributed by atoms with Crippen molar-refractivity contribution < 1.29 is 17.9 Å². The van der Waals surface area contributed by atoms with E-state index in [-0.39, 0.29) is 21.3 Å². The maximum absolute atomic E-state index is 14.1. The maximum atomic E-state index is 14.1. The summed E-state index contributed by atoms with van der Waals surface area (Å²) in [5, 5.41) is 10.3. The van der Waals surface area contributed by atoms with Gasteiger partial charge >= 0.3 is 0 Å². The Hall–Kier alpha value is -2.52. The number of hydrogen-bond acceptors (Lipinski definition) is 6. The molecule has 0 saturated heterocycles. The lowest BCUT2D eigenvalue weighted by Crippen LogP contribution is -2.28. The molecule has 0 unspecified atom stereocenters. The van der Waals surface area contributed by atoms with Crippen LogP contribution < -0.4 is 5.73 Å². The highest BCUT2D eigenvalue weighted by atomic mass is 35.5.